The molecule has 0 aliphatic heterocycles. The molecule has 0 aromatic heterocycles. The van der Waals surface area contributed by atoms with Crippen molar-refractivity contribution in [2.24, 2.45) is 0 Å². The molecular weight excluding hydrogens is 538 g/mol. The molecule has 0 aromatic rings. The van der Waals surface area contributed by atoms with Crippen LogP contribution in [0.25, 0.3) is 0 Å². The molecule has 44 heavy (non-hydrogen) atoms. The summed E-state index contributed by atoms with van der Waals surface area (Å²) in [6.07, 6.45) is 45.3. The van der Waals surface area contributed by atoms with Crippen LogP contribution in [0.1, 0.15) is 226 Å². The highest BCUT2D eigenvalue weighted by molar-refractivity contribution is 4.64. The standard InChI is InChI=1S/C41H85NO2/c1-6-8-10-12-14-16-18-20-22-24-26-28-30-32-34-36-38-43-40(3)41(42(4)5)44-39-37-35-33-31-29-27-25-23-21-19-17-15-13-11-9-7-2/h40-41H,6-39H2,1-5H3. The SMILES string of the molecule is CCCCCCCCCCCCCCCCCCOC(C)C(OCCCCCCCCCCCCCCCCCC)N(C)C. The minimum Gasteiger partial charge on any atom is -0.374 e. The Hall–Kier alpha value is -0.120. The fraction of sp³-hybridized carbons (Fsp3) is 1.00. The zero-order valence-electron chi connectivity index (χ0n) is 31.5. The molecule has 2 atom stereocenters. The molecule has 0 bridgehead atoms. The van der Waals surface area contributed by atoms with Gasteiger partial charge in [-0.2, -0.15) is 0 Å². The Labute approximate surface area is 279 Å². The van der Waals surface area contributed by atoms with Crippen molar-refractivity contribution >= 4 is 0 Å². The van der Waals surface area contributed by atoms with E-state index in [0.717, 1.165) is 13.2 Å². The third-order valence-electron chi connectivity index (χ3n) is 9.58. The Balaban J connectivity index is 3.48. The predicted octanol–water partition coefficient (Wildman–Crippen LogP) is 13.8. The highest BCUT2D eigenvalue weighted by Crippen LogP contribution is 2.16. The Kier molecular flexibility index (Phi) is 37.2. The largest absolute Gasteiger partial charge is 0.374 e. The molecule has 0 saturated carbocycles. The Morgan fingerprint density at radius 2 is 0.568 bits per heavy atom. The van der Waals surface area contributed by atoms with Crippen LogP contribution >= 0.6 is 0 Å². The average Bonchev–Trinajstić information content (AvgIpc) is 3.01. The van der Waals surface area contributed by atoms with Gasteiger partial charge in [0.15, 0.2) is 0 Å². The van der Waals surface area contributed by atoms with Crippen LogP contribution in [0.4, 0.5) is 0 Å². The lowest BCUT2D eigenvalue weighted by Gasteiger charge is -2.30. The van der Waals surface area contributed by atoms with E-state index in [2.05, 4.69) is 39.8 Å². The minimum atomic E-state index is 0.0624. The molecule has 0 rings (SSSR count). The van der Waals surface area contributed by atoms with E-state index in [0.29, 0.717) is 0 Å². The minimum absolute atomic E-state index is 0.0624. The molecule has 0 spiro atoms. The molecule has 0 aliphatic carbocycles. The van der Waals surface area contributed by atoms with E-state index in [1.54, 1.807) is 0 Å². The topological polar surface area (TPSA) is 21.7 Å². The van der Waals surface area contributed by atoms with Gasteiger partial charge in [-0.05, 0) is 33.9 Å². The lowest BCUT2D eigenvalue weighted by Crippen LogP contribution is -2.41. The van der Waals surface area contributed by atoms with Crippen LogP contribution in [0.15, 0.2) is 0 Å². The number of hydrogen-bond donors (Lipinski definition) is 0. The zero-order chi connectivity index (χ0) is 32.2. The first-order valence-electron chi connectivity index (χ1n) is 20.5. The molecule has 0 fully saturated rings. The second-order valence-electron chi connectivity index (χ2n) is 14.4. The maximum absolute atomic E-state index is 6.27. The van der Waals surface area contributed by atoms with E-state index in [1.165, 1.54) is 205 Å². The number of hydrogen-bond acceptors (Lipinski definition) is 3. The molecule has 0 aromatic carbocycles. The van der Waals surface area contributed by atoms with E-state index in [9.17, 15) is 0 Å². The van der Waals surface area contributed by atoms with Crippen LogP contribution in [-0.2, 0) is 9.47 Å². The second-order valence-corrected chi connectivity index (χ2v) is 14.4. The van der Waals surface area contributed by atoms with Crippen LogP contribution in [0.3, 0.4) is 0 Å². The lowest BCUT2D eigenvalue weighted by atomic mass is 10.0. The average molecular weight is 624 g/mol. The molecule has 0 aliphatic rings. The van der Waals surface area contributed by atoms with E-state index < -0.39 is 0 Å². The van der Waals surface area contributed by atoms with Crippen molar-refractivity contribution in [1.29, 1.82) is 0 Å². The summed E-state index contributed by atoms with van der Waals surface area (Å²) in [6, 6.07) is 0. The van der Waals surface area contributed by atoms with Gasteiger partial charge >= 0.3 is 0 Å². The van der Waals surface area contributed by atoms with Gasteiger partial charge in [0.1, 0.15) is 6.23 Å². The van der Waals surface area contributed by atoms with Crippen molar-refractivity contribution in [2.75, 3.05) is 27.3 Å². The summed E-state index contributed by atoms with van der Waals surface area (Å²) in [7, 11) is 4.24. The van der Waals surface area contributed by atoms with Crippen LogP contribution < -0.4 is 0 Å². The van der Waals surface area contributed by atoms with Gasteiger partial charge in [0.2, 0.25) is 0 Å². The number of ether oxygens (including phenoxy) is 2. The van der Waals surface area contributed by atoms with Crippen LogP contribution in [0.2, 0.25) is 0 Å². The van der Waals surface area contributed by atoms with Gasteiger partial charge in [-0.25, -0.2) is 0 Å². The van der Waals surface area contributed by atoms with Crippen molar-refractivity contribution in [3.05, 3.63) is 0 Å². The summed E-state index contributed by atoms with van der Waals surface area (Å²) in [5.74, 6) is 0. The molecule has 266 valence electrons. The monoisotopic (exact) mass is 624 g/mol. The second kappa shape index (κ2) is 37.3. The van der Waals surface area contributed by atoms with Gasteiger partial charge in [-0.15, -0.1) is 0 Å². The fourth-order valence-corrected chi connectivity index (χ4v) is 6.56. The molecule has 0 saturated heterocycles. The third-order valence-corrected chi connectivity index (χ3v) is 9.58. The molecule has 3 nitrogen and oxygen atoms in total. The van der Waals surface area contributed by atoms with Gasteiger partial charge in [0.05, 0.1) is 6.10 Å². The fourth-order valence-electron chi connectivity index (χ4n) is 6.56. The number of unbranched alkanes of at least 4 members (excludes halogenated alkanes) is 30. The maximum Gasteiger partial charge on any atom is 0.136 e. The summed E-state index contributed by atoms with van der Waals surface area (Å²) in [6.45, 7) is 8.51. The van der Waals surface area contributed by atoms with Crippen LogP contribution in [0.5, 0.6) is 0 Å². The summed E-state index contributed by atoms with van der Waals surface area (Å²) in [5, 5.41) is 0. The highest BCUT2D eigenvalue weighted by Gasteiger charge is 2.20. The van der Waals surface area contributed by atoms with Crippen molar-refractivity contribution in [3.8, 4) is 0 Å². The smallest absolute Gasteiger partial charge is 0.136 e. The summed E-state index contributed by atoms with van der Waals surface area (Å²) in [5.41, 5.74) is 0. The summed E-state index contributed by atoms with van der Waals surface area (Å²) < 4.78 is 12.5. The molecule has 0 amide bonds. The van der Waals surface area contributed by atoms with Crippen molar-refractivity contribution in [1.82, 2.24) is 4.90 Å². The first-order valence-corrected chi connectivity index (χ1v) is 20.5. The number of nitrogens with zero attached hydrogens (tertiary/aromatic N) is 1. The van der Waals surface area contributed by atoms with Gasteiger partial charge in [-0.1, -0.05) is 206 Å². The van der Waals surface area contributed by atoms with Crippen LogP contribution in [0, 0.1) is 0 Å². The van der Waals surface area contributed by atoms with E-state index in [4.69, 9.17) is 9.47 Å². The molecule has 3 heteroatoms. The number of rotatable bonds is 38. The summed E-state index contributed by atoms with van der Waals surface area (Å²) >= 11 is 0. The predicted molar refractivity (Wildman–Crippen MR) is 198 cm³/mol. The summed E-state index contributed by atoms with van der Waals surface area (Å²) in [4.78, 5) is 2.19. The molecule has 0 radical (unpaired) electrons. The Bertz CT molecular complexity index is 511. The normalized spacial score (nSPS) is 13.2. The van der Waals surface area contributed by atoms with Crippen LogP contribution in [-0.4, -0.2) is 44.5 Å². The Morgan fingerprint density at radius 1 is 0.341 bits per heavy atom. The maximum atomic E-state index is 6.27. The van der Waals surface area contributed by atoms with Gasteiger partial charge < -0.3 is 9.47 Å². The van der Waals surface area contributed by atoms with Gasteiger partial charge in [0.25, 0.3) is 0 Å². The first kappa shape index (κ1) is 43.9. The zero-order valence-corrected chi connectivity index (χ0v) is 31.5. The quantitative estimate of drug-likeness (QED) is 0.0504. The molecular formula is C41H85NO2. The van der Waals surface area contributed by atoms with E-state index >= 15 is 0 Å². The van der Waals surface area contributed by atoms with Crippen molar-refractivity contribution in [2.45, 2.75) is 239 Å². The van der Waals surface area contributed by atoms with E-state index in [1.807, 2.05) is 0 Å². The molecule has 2 unspecified atom stereocenters. The van der Waals surface area contributed by atoms with Gasteiger partial charge in [0, 0.05) is 13.2 Å². The van der Waals surface area contributed by atoms with Gasteiger partial charge in [-0.3, -0.25) is 4.90 Å². The molecule has 0 N–H and O–H groups in total. The van der Waals surface area contributed by atoms with Crippen molar-refractivity contribution in [3.63, 3.8) is 0 Å². The van der Waals surface area contributed by atoms with Crippen molar-refractivity contribution < 1.29 is 9.47 Å². The first-order chi connectivity index (χ1) is 21.6. The highest BCUT2D eigenvalue weighted by atomic mass is 16.5. The Morgan fingerprint density at radius 3 is 0.818 bits per heavy atom. The lowest BCUT2D eigenvalue weighted by molar-refractivity contribution is -0.125. The van der Waals surface area contributed by atoms with E-state index in [-0.39, 0.29) is 12.3 Å². The number of likely N-dealkylation sites (N-methyl/N-ethyl adjacent to an activating group) is 1. The third kappa shape index (κ3) is 33.2. The molecule has 0 heterocycles.